The minimum absolute atomic E-state index is 0.190. The summed E-state index contributed by atoms with van der Waals surface area (Å²) in [5.41, 5.74) is 3.47. The summed E-state index contributed by atoms with van der Waals surface area (Å²) in [5.74, 6) is 8.09. The molecule has 0 fully saturated rings. The Kier molecular flexibility index (Phi) is 2.99. The van der Waals surface area contributed by atoms with Crippen molar-refractivity contribution in [2.24, 2.45) is 5.84 Å². The molecule has 3 N–H and O–H groups in total. The van der Waals surface area contributed by atoms with E-state index in [0.29, 0.717) is 17.3 Å². The fraction of sp³-hybridized carbons (Fsp3) is 0.267. The van der Waals surface area contributed by atoms with Gasteiger partial charge in [0.1, 0.15) is 17.2 Å². The number of nitrogens with one attached hydrogen (secondary N) is 1. The lowest BCUT2D eigenvalue weighted by molar-refractivity contribution is 0.135. The first-order valence-corrected chi connectivity index (χ1v) is 6.49. The molecule has 20 heavy (non-hydrogen) atoms. The van der Waals surface area contributed by atoms with Gasteiger partial charge in [-0.1, -0.05) is 12.1 Å². The van der Waals surface area contributed by atoms with Crippen molar-refractivity contribution < 1.29 is 9.47 Å². The predicted octanol–water partition coefficient (Wildman–Crippen LogP) is 2.87. The zero-order valence-electron chi connectivity index (χ0n) is 11.5. The van der Waals surface area contributed by atoms with E-state index < -0.39 is 0 Å². The number of nitrogens with two attached hydrogens (primary N) is 1. The Morgan fingerprint density at radius 2 is 2.20 bits per heavy atom. The topological polar surface area (TPSA) is 69.4 Å². The van der Waals surface area contributed by atoms with Crippen molar-refractivity contribution in [2.45, 2.75) is 25.9 Å². The molecule has 0 radical (unpaired) electrons. The van der Waals surface area contributed by atoms with Crippen LogP contribution >= 0.6 is 0 Å². The molecule has 1 aliphatic rings. The fourth-order valence-corrected chi connectivity index (χ4v) is 2.35. The van der Waals surface area contributed by atoms with Crippen molar-refractivity contribution in [3.63, 3.8) is 0 Å². The van der Waals surface area contributed by atoms with E-state index in [-0.39, 0.29) is 5.60 Å². The van der Waals surface area contributed by atoms with Crippen LogP contribution in [-0.4, -0.2) is 10.6 Å². The second kappa shape index (κ2) is 4.68. The molecule has 5 nitrogen and oxygen atoms in total. The molecule has 104 valence electrons. The fourth-order valence-electron chi connectivity index (χ4n) is 2.35. The maximum atomic E-state index is 5.97. The van der Waals surface area contributed by atoms with Crippen LogP contribution in [0.15, 0.2) is 36.5 Å². The summed E-state index contributed by atoms with van der Waals surface area (Å²) in [5, 5.41) is 0. The van der Waals surface area contributed by atoms with Crippen molar-refractivity contribution in [2.75, 3.05) is 5.43 Å². The molecule has 0 saturated heterocycles. The first kappa shape index (κ1) is 12.7. The van der Waals surface area contributed by atoms with Crippen LogP contribution in [0.25, 0.3) is 0 Å². The van der Waals surface area contributed by atoms with Crippen LogP contribution in [0.5, 0.6) is 17.2 Å². The average Bonchev–Trinajstić information content (AvgIpc) is 2.74. The zero-order valence-corrected chi connectivity index (χ0v) is 11.5. The number of benzene rings is 1. The second-order valence-electron chi connectivity index (χ2n) is 5.41. The molecule has 1 aromatic heterocycles. The van der Waals surface area contributed by atoms with Crippen LogP contribution in [0.3, 0.4) is 0 Å². The summed E-state index contributed by atoms with van der Waals surface area (Å²) in [7, 11) is 0. The minimum atomic E-state index is -0.190. The Hall–Kier alpha value is -2.27. The molecular weight excluding hydrogens is 254 g/mol. The average molecular weight is 271 g/mol. The van der Waals surface area contributed by atoms with Gasteiger partial charge in [0.25, 0.3) is 0 Å². The smallest absolute Gasteiger partial charge is 0.169 e. The van der Waals surface area contributed by atoms with Crippen LogP contribution in [0.4, 0.5) is 5.82 Å². The number of fused-ring (bicyclic) bond motifs is 1. The molecule has 0 spiro atoms. The SMILES string of the molecule is CC1(C)Cc2cccc(Oc3ccnc(NN)c3)c2O1. The van der Waals surface area contributed by atoms with Gasteiger partial charge in [-0.15, -0.1) is 0 Å². The summed E-state index contributed by atoms with van der Waals surface area (Å²) < 4.78 is 11.9. The first-order chi connectivity index (χ1) is 9.57. The number of rotatable bonds is 3. The number of pyridine rings is 1. The van der Waals surface area contributed by atoms with Crippen molar-refractivity contribution in [1.82, 2.24) is 4.98 Å². The van der Waals surface area contributed by atoms with Gasteiger partial charge in [-0.05, 0) is 26.0 Å². The number of aromatic nitrogens is 1. The van der Waals surface area contributed by atoms with Crippen molar-refractivity contribution in [3.05, 3.63) is 42.1 Å². The van der Waals surface area contributed by atoms with Gasteiger partial charge in [0.15, 0.2) is 11.5 Å². The molecule has 0 unspecified atom stereocenters. The molecule has 3 rings (SSSR count). The highest BCUT2D eigenvalue weighted by Crippen LogP contribution is 2.43. The molecule has 0 bridgehead atoms. The lowest BCUT2D eigenvalue weighted by atomic mass is 10.0. The van der Waals surface area contributed by atoms with Crippen molar-refractivity contribution >= 4 is 5.82 Å². The molecule has 0 aliphatic carbocycles. The van der Waals surface area contributed by atoms with Gasteiger partial charge in [-0.2, -0.15) is 0 Å². The number of anilines is 1. The largest absolute Gasteiger partial charge is 0.483 e. The van der Waals surface area contributed by atoms with Crippen LogP contribution in [0.1, 0.15) is 19.4 Å². The highest BCUT2D eigenvalue weighted by atomic mass is 16.5. The third kappa shape index (κ3) is 2.40. The van der Waals surface area contributed by atoms with Crippen LogP contribution < -0.4 is 20.7 Å². The first-order valence-electron chi connectivity index (χ1n) is 6.49. The van der Waals surface area contributed by atoms with E-state index in [1.54, 1.807) is 18.3 Å². The van der Waals surface area contributed by atoms with Crippen LogP contribution in [-0.2, 0) is 6.42 Å². The second-order valence-corrected chi connectivity index (χ2v) is 5.41. The summed E-state index contributed by atoms with van der Waals surface area (Å²) in [6.45, 7) is 4.14. The van der Waals surface area contributed by atoms with E-state index in [1.165, 1.54) is 5.56 Å². The number of nitrogen functional groups attached to an aromatic ring is 1. The summed E-state index contributed by atoms with van der Waals surface area (Å²) in [6.07, 6.45) is 2.52. The zero-order chi connectivity index (χ0) is 14.2. The third-order valence-corrected chi connectivity index (χ3v) is 3.16. The van der Waals surface area contributed by atoms with Crippen molar-refractivity contribution in [1.29, 1.82) is 0 Å². The van der Waals surface area contributed by atoms with Gasteiger partial charge in [0, 0.05) is 24.2 Å². The third-order valence-electron chi connectivity index (χ3n) is 3.16. The minimum Gasteiger partial charge on any atom is -0.483 e. The number of hydrazine groups is 1. The predicted molar refractivity (Wildman–Crippen MR) is 77.0 cm³/mol. The van der Waals surface area contributed by atoms with E-state index in [1.807, 2.05) is 12.1 Å². The monoisotopic (exact) mass is 271 g/mol. The van der Waals surface area contributed by atoms with Gasteiger partial charge in [-0.3, -0.25) is 0 Å². The number of hydrogen-bond acceptors (Lipinski definition) is 5. The highest BCUT2D eigenvalue weighted by Gasteiger charge is 2.32. The molecule has 2 heterocycles. The highest BCUT2D eigenvalue weighted by molar-refractivity contribution is 5.52. The number of hydrogen-bond donors (Lipinski definition) is 2. The Labute approximate surface area is 117 Å². The molecular formula is C15H17N3O2. The Balaban J connectivity index is 1.91. The van der Waals surface area contributed by atoms with E-state index in [9.17, 15) is 0 Å². The quantitative estimate of drug-likeness (QED) is 0.663. The van der Waals surface area contributed by atoms with Gasteiger partial charge >= 0.3 is 0 Å². The van der Waals surface area contributed by atoms with Gasteiger partial charge in [0.2, 0.25) is 0 Å². The Morgan fingerprint density at radius 3 is 3.00 bits per heavy atom. The lowest BCUT2D eigenvalue weighted by Gasteiger charge is -2.18. The molecule has 0 atom stereocenters. The van der Waals surface area contributed by atoms with Crippen molar-refractivity contribution in [3.8, 4) is 17.2 Å². The summed E-state index contributed by atoms with van der Waals surface area (Å²) >= 11 is 0. The Morgan fingerprint density at radius 1 is 1.35 bits per heavy atom. The molecule has 2 aromatic rings. The molecule has 0 saturated carbocycles. The summed E-state index contributed by atoms with van der Waals surface area (Å²) in [6, 6.07) is 9.45. The maximum Gasteiger partial charge on any atom is 0.169 e. The molecule has 5 heteroatoms. The van der Waals surface area contributed by atoms with Gasteiger partial charge < -0.3 is 14.9 Å². The normalized spacial score (nSPS) is 15.3. The van der Waals surface area contributed by atoms with E-state index >= 15 is 0 Å². The number of nitrogens with zero attached hydrogens (tertiary/aromatic N) is 1. The maximum absolute atomic E-state index is 5.97. The van der Waals surface area contributed by atoms with Crippen LogP contribution in [0.2, 0.25) is 0 Å². The van der Waals surface area contributed by atoms with Crippen LogP contribution in [0, 0.1) is 0 Å². The number of ether oxygens (including phenoxy) is 2. The number of para-hydroxylation sites is 1. The van der Waals surface area contributed by atoms with E-state index in [4.69, 9.17) is 15.3 Å². The van der Waals surface area contributed by atoms with Gasteiger partial charge in [0.05, 0.1) is 0 Å². The summed E-state index contributed by atoms with van der Waals surface area (Å²) in [4.78, 5) is 4.05. The molecule has 1 aliphatic heterocycles. The molecule has 1 aromatic carbocycles. The Bertz CT molecular complexity index is 641. The standard InChI is InChI=1S/C15H17N3O2/c1-15(2)9-10-4-3-5-12(14(10)20-15)19-11-6-7-17-13(8-11)18-16/h3-8H,9,16H2,1-2H3,(H,17,18). The van der Waals surface area contributed by atoms with E-state index in [0.717, 1.165) is 12.2 Å². The van der Waals surface area contributed by atoms with E-state index in [2.05, 4.69) is 30.3 Å². The molecule has 0 amide bonds. The lowest BCUT2D eigenvalue weighted by Crippen LogP contribution is -2.24. The van der Waals surface area contributed by atoms with Gasteiger partial charge in [-0.25, -0.2) is 10.8 Å².